The van der Waals surface area contributed by atoms with Crippen LogP contribution in [0.1, 0.15) is 12.7 Å². The van der Waals surface area contributed by atoms with Crippen LogP contribution in [0.3, 0.4) is 0 Å². The number of hydrogen-bond donors (Lipinski definition) is 0. The Bertz CT molecular complexity index is 559. The third-order valence-corrected chi connectivity index (χ3v) is 3.58. The van der Waals surface area contributed by atoms with Crippen LogP contribution in [0.25, 0.3) is 11.0 Å². The van der Waals surface area contributed by atoms with Gasteiger partial charge in [0.05, 0.1) is 40.8 Å². The molecule has 17 heavy (non-hydrogen) atoms. The minimum atomic E-state index is 0.853. The van der Waals surface area contributed by atoms with E-state index in [1.165, 1.54) is 22.5 Å². The first-order valence-corrected chi connectivity index (χ1v) is 6.17. The van der Waals surface area contributed by atoms with Crippen LogP contribution in [0.15, 0.2) is 18.2 Å². The summed E-state index contributed by atoms with van der Waals surface area (Å²) in [5, 5.41) is 0. The molecular formula is C14H23N3+2. The fourth-order valence-electron chi connectivity index (χ4n) is 2.35. The summed E-state index contributed by atoms with van der Waals surface area (Å²) in [5.41, 5.74) is 3.97. The smallest absolute Gasteiger partial charge is 0.253 e. The molecule has 0 unspecified atom stereocenters. The molecule has 0 fully saturated rings. The monoisotopic (exact) mass is 233 g/mol. The summed E-state index contributed by atoms with van der Waals surface area (Å²) in [5.74, 6) is 1.31. The second kappa shape index (κ2) is 3.84. The fraction of sp³-hybridized carbons (Fsp3) is 0.500. The van der Waals surface area contributed by atoms with Crippen molar-refractivity contribution >= 4 is 16.7 Å². The number of quaternary nitrogens is 1. The molecule has 1 aromatic heterocycles. The Morgan fingerprint density at radius 3 is 2.41 bits per heavy atom. The lowest BCUT2D eigenvalue weighted by molar-refractivity contribution is -0.674. The first-order valence-electron chi connectivity index (χ1n) is 6.17. The molecule has 1 aromatic carbocycles. The van der Waals surface area contributed by atoms with E-state index in [-0.39, 0.29) is 0 Å². The highest BCUT2D eigenvalue weighted by molar-refractivity contribution is 5.76. The Morgan fingerprint density at radius 2 is 1.88 bits per heavy atom. The van der Waals surface area contributed by atoms with Crippen molar-refractivity contribution in [2.24, 2.45) is 7.05 Å². The average Bonchev–Trinajstić information content (AvgIpc) is 2.50. The van der Waals surface area contributed by atoms with Crippen molar-refractivity contribution in [1.82, 2.24) is 9.05 Å². The molecule has 0 aliphatic heterocycles. The molecule has 0 radical (unpaired) electrons. The lowest BCUT2D eigenvalue weighted by atomic mass is 10.2. The Balaban J connectivity index is 2.75. The van der Waals surface area contributed by atoms with Gasteiger partial charge in [-0.3, -0.25) is 4.48 Å². The molecule has 0 aliphatic rings. The van der Waals surface area contributed by atoms with Crippen molar-refractivity contribution in [3.8, 4) is 0 Å². The number of fused-ring (bicyclic) bond motifs is 1. The lowest BCUT2D eigenvalue weighted by Gasteiger charge is -2.22. The SMILES string of the molecule is CC[n+]1c(C)n(C)c2cc([N+](C)(C)C)ccc21. The molecule has 0 spiro atoms. The highest BCUT2D eigenvalue weighted by atomic mass is 15.3. The van der Waals surface area contributed by atoms with E-state index in [1.807, 2.05) is 0 Å². The van der Waals surface area contributed by atoms with E-state index in [2.05, 4.69) is 69.4 Å². The van der Waals surface area contributed by atoms with Gasteiger partial charge in [0.1, 0.15) is 5.69 Å². The van der Waals surface area contributed by atoms with Crippen LogP contribution in [0.4, 0.5) is 5.69 Å². The molecule has 3 heteroatoms. The standard InChI is InChI=1S/C14H23N3/c1-7-16-11(2)15(3)14-10-12(17(4,5)6)8-9-13(14)16/h8-10H,7H2,1-6H3/q+2. The van der Waals surface area contributed by atoms with Gasteiger partial charge in [-0.15, -0.1) is 0 Å². The Kier molecular flexibility index (Phi) is 2.74. The van der Waals surface area contributed by atoms with E-state index < -0.39 is 0 Å². The molecular weight excluding hydrogens is 210 g/mol. The molecule has 0 bridgehead atoms. The van der Waals surface area contributed by atoms with Gasteiger partial charge in [0.25, 0.3) is 5.82 Å². The minimum Gasteiger partial charge on any atom is -0.298 e. The molecule has 2 rings (SSSR count). The highest BCUT2D eigenvalue weighted by Crippen LogP contribution is 2.23. The van der Waals surface area contributed by atoms with Gasteiger partial charge in [-0.1, -0.05) is 0 Å². The normalized spacial score (nSPS) is 12.4. The van der Waals surface area contributed by atoms with E-state index in [0.29, 0.717) is 0 Å². The average molecular weight is 233 g/mol. The second-order valence-corrected chi connectivity index (χ2v) is 5.54. The second-order valence-electron chi connectivity index (χ2n) is 5.54. The zero-order valence-electron chi connectivity index (χ0n) is 11.8. The summed E-state index contributed by atoms with van der Waals surface area (Å²) in [4.78, 5) is 0. The van der Waals surface area contributed by atoms with Crippen molar-refractivity contribution in [2.45, 2.75) is 20.4 Å². The quantitative estimate of drug-likeness (QED) is 0.554. The minimum absolute atomic E-state index is 0.853. The Hall–Kier alpha value is -1.35. The number of rotatable bonds is 2. The topological polar surface area (TPSA) is 8.81 Å². The van der Waals surface area contributed by atoms with E-state index in [4.69, 9.17) is 0 Å². The first-order chi connectivity index (χ1) is 7.86. The van der Waals surface area contributed by atoms with E-state index in [1.54, 1.807) is 0 Å². The van der Waals surface area contributed by atoms with Crippen LogP contribution >= 0.6 is 0 Å². The Labute approximate surface area is 103 Å². The molecule has 0 saturated carbocycles. The number of aromatic nitrogens is 2. The van der Waals surface area contributed by atoms with Crippen LogP contribution in [-0.2, 0) is 13.6 Å². The van der Waals surface area contributed by atoms with Crippen LogP contribution in [0.2, 0.25) is 0 Å². The molecule has 0 atom stereocenters. The highest BCUT2D eigenvalue weighted by Gasteiger charge is 2.21. The van der Waals surface area contributed by atoms with Gasteiger partial charge in [-0.25, -0.2) is 9.13 Å². The van der Waals surface area contributed by atoms with Crippen molar-refractivity contribution in [3.63, 3.8) is 0 Å². The maximum absolute atomic E-state index is 2.36. The van der Waals surface area contributed by atoms with Crippen LogP contribution < -0.4 is 9.05 Å². The Morgan fingerprint density at radius 1 is 1.24 bits per heavy atom. The van der Waals surface area contributed by atoms with Crippen molar-refractivity contribution in [3.05, 3.63) is 24.0 Å². The number of imidazole rings is 1. The number of nitrogens with zero attached hydrogens (tertiary/aromatic N) is 3. The first kappa shape index (κ1) is 12.1. The van der Waals surface area contributed by atoms with Gasteiger partial charge in [-0.05, 0) is 13.0 Å². The van der Waals surface area contributed by atoms with Crippen molar-refractivity contribution < 1.29 is 4.57 Å². The largest absolute Gasteiger partial charge is 0.298 e. The number of benzene rings is 1. The summed E-state index contributed by atoms with van der Waals surface area (Å²) >= 11 is 0. The zero-order valence-corrected chi connectivity index (χ0v) is 11.8. The molecule has 0 saturated heterocycles. The summed E-state index contributed by atoms with van der Waals surface area (Å²) in [6.45, 7) is 5.39. The van der Waals surface area contributed by atoms with Crippen molar-refractivity contribution in [1.29, 1.82) is 0 Å². The zero-order chi connectivity index (χ0) is 12.8. The summed E-state index contributed by atoms with van der Waals surface area (Å²) in [6.07, 6.45) is 0. The molecule has 0 N–H and O–H groups in total. The van der Waals surface area contributed by atoms with Gasteiger partial charge in [0.2, 0.25) is 0 Å². The van der Waals surface area contributed by atoms with E-state index in [9.17, 15) is 0 Å². The van der Waals surface area contributed by atoms with E-state index >= 15 is 0 Å². The number of aryl methyl sites for hydroxylation is 2. The third kappa shape index (κ3) is 1.84. The predicted molar refractivity (Wildman–Crippen MR) is 73.1 cm³/mol. The summed E-state index contributed by atoms with van der Waals surface area (Å²) in [6, 6.07) is 6.77. The van der Waals surface area contributed by atoms with Gasteiger partial charge in [0, 0.05) is 13.0 Å². The molecule has 3 nitrogen and oxygen atoms in total. The predicted octanol–water partition coefficient (Wildman–Crippen LogP) is 1.99. The maximum atomic E-state index is 2.36. The fourth-order valence-corrected chi connectivity index (χ4v) is 2.35. The maximum Gasteiger partial charge on any atom is 0.253 e. The van der Waals surface area contributed by atoms with Crippen LogP contribution in [-0.4, -0.2) is 25.7 Å². The lowest BCUT2D eigenvalue weighted by Crippen LogP contribution is -2.35. The van der Waals surface area contributed by atoms with Crippen LogP contribution in [0, 0.1) is 6.92 Å². The summed E-state index contributed by atoms with van der Waals surface area (Å²) in [7, 11) is 8.74. The number of hydrogen-bond acceptors (Lipinski definition) is 0. The van der Waals surface area contributed by atoms with Gasteiger partial charge < -0.3 is 0 Å². The van der Waals surface area contributed by atoms with Gasteiger partial charge >= 0.3 is 0 Å². The summed E-state index contributed by atoms with van der Waals surface area (Å²) < 4.78 is 5.49. The third-order valence-electron chi connectivity index (χ3n) is 3.58. The van der Waals surface area contributed by atoms with Crippen LogP contribution in [0.5, 0.6) is 0 Å². The molecule has 1 heterocycles. The van der Waals surface area contributed by atoms with Gasteiger partial charge in [0.15, 0.2) is 11.0 Å². The molecule has 2 aromatic rings. The van der Waals surface area contributed by atoms with Crippen molar-refractivity contribution in [2.75, 3.05) is 21.1 Å². The van der Waals surface area contributed by atoms with E-state index in [0.717, 1.165) is 11.0 Å². The molecule has 0 aliphatic carbocycles. The molecule has 92 valence electrons. The van der Waals surface area contributed by atoms with Gasteiger partial charge in [-0.2, -0.15) is 0 Å². The molecule has 0 amide bonds.